The van der Waals surface area contributed by atoms with Crippen LogP contribution >= 0.6 is 0 Å². The monoisotopic (exact) mass is 408 g/mol. The summed E-state index contributed by atoms with van der Waals surface area (Å²) in [5, 5.41) is 8.04. The third-order valence-corrected chi connectivity index (χ3v) is 5.93. The van der Waals surface area contributed by atoms with E-state index < -0.39 is 0 Å². The zero-order valence-electron chi connectivity index (χ0n) is 18.2. The fraction of sp³-hybridized carbons (Fsp3) is 0.545. The molecular weight excluding hydrogens is 376 g/mol. The molecule has 0 aromatic carbocycles. The van der Waals surface area contributed by atoms with E-state index in [4.69, 9.17) is 10.7 Å². The molecule has 1 aliphatic heterocycles. The highest BCUT2D eigenvalue weighted by Gasteiger charge is 2.16. The van der Waals surface area contributed by atoms with Gasteiger partial charge in [-0.3, -0.25) is 0 Å². The highest BCUT2D eigenvalue weighted by Crippen LogP contribution is 2.23. The predicted molar refractivity (Wildman–Crippen MR) is 121 cm³/mol. The molecule has 0 saturated carbocycles. The average molecular weight is 409 g/mol. The number of anilines is 3. The molecule has 8 nitrogen and oxygen atoms in total. The number of nitrogens with zero attached hydrogens (tertiary/aromatic N) is 6. The molecule has 0 atom stereocenters. The summed E-state index contributed by atoms with van der Waals surface area (Å²) in [4.78, 5) is 16.0. The lowest BCUT2D eigenvalue weighted by atomic mass is 10.1. The third kappa shape index (κ3) is 4.17. The van der Waals surface area contributed by atoms with Crippen molar-refractivity contribution >= 4 is 23.2 Å². The lowest BCUT2D eigenvalue weighted by molar-refractivity contribution is 0.572. The number of aryl methyl sites for hydroxylation is 1. The van der Waals surface area contributed by atoms with E-state index in [1.54, 1.807) is 4.52 Å². The van der Waals surface area contributed by atoms with Crippen LogP contribution in [-0.4, -0.2) is 43.7 Å². The van der Waals surface area contributed by atoms with Crippen LogP contribution in [0.15, 0.2) is 18.5 Å². The van der Waals surface area contributed by atoms with Crippen LogP contribution in [0.5, 0.6) is 0 Å². The Labute approximate surface area is 177 Å². The Morgan fingerprint density at radius 1 is 1.10 bits per heavy atom. The largest absolute Gasteiger partial charge is 0.380 e. The maximum absolute atomic E-state index is 6.16. The van der Waals surface area contributed by atoms with E-state index in [0.29, 0.717) is 29.9 Å². The van der Waals surface area contributed by atoms with E-state index in [2.05, 4.69) is 52.1 Å². The first kappa shape index (κ1) is 20.4. The lowest BCUT2D eigenvalue weighted by Crippen LogP contribution is -2.30. The molecule has 1 fully saturated rings. The minimum absolute atomic E-state index is 0.322. The summed E-state index contributed by atoms with van der Waals surface area (Å²) in [6.07, 6.45) is 10.3. The van der Waals surface area contributed by atoms with Crippen molar-refractivity contribution in [3.8, 4) is 0 Å². The zero-order valence-corrected chi connectivity index (χ0v) is 18.2. The van der Waals surface area contributed by atoms with Crippen LogP contribution in [0.3, 0.4) is 0 Å². The van der Waals surface area contributed by atoms with Gasteiger partial charge in [0.2, 0.25) is 5.95 Å². The van der Waals surface area contributed by atoms with Gasteiger partial charge in [-0.25, -0.2) is 14.5 Å². The first-order valence-electron chi connectivity index (χ1n) is 11.1. The summed E-state index contributed by atoms with van der Waals surface area (Å²) in [6, 6.07) is 2.55. The molecule has 0 amide bonds. The van der Waals surface area contributed by atoms with Crippen molar-refractivity contribution in [3.63, 3.8) is 0 Å². The Bertz CT molecular complexity index is 1000. The quantitative estimate of drug-likeness (QED) is 0.616. The van der Waals surface area contributed by atoms with Crippen LogP contribution < -0.4 is 16.0 Å². The maximum atomic E-state index is 6.16. The average Bonchev–Trinajstić information content (AvgIpc) is 3.16. The molecule has 0 unspecified atom stereocenters. The highest BCUT2D eigenvalue weighted by atomic mass is 15.3. The summed E-state index contributed by atoms with van der Waals surface area (Å²) < 4.78 is 1.81. The van der Waals surface area contributed by atoms with Gasteiger partial charge in [-0.15, -0.1) is 5.10 Å². The van der Waals surface area contributed by atoms with Crippen LogP contribution in [0.4, 0.5) is 17.6 Å². The Kier molecular flexibility index (Phi) is 6.01. The molecule has 4 rings (SSSR count). The molecule has 3 aromatic rings. The number of piperidine rings is 1. The predicted octanol–water partition coefficient (Wildman–Crippen LogP) is 3.59. The molecule has 8 heteroatoms. The van der Waals surface area contributed by atoms with Gasteiger partial charge in [-0.05, 0) is 50.2 Å². The van der Waals surface area contributed by atoms with Gasteiger partial charge in [0.25, 0.3) is 0 Å². The van der Waals surface area contributed by atoms with E-state index in [0.717, 1.165) is 43.0 Å². The Morgan fingerprint density at radius 2 is 1.87 bits per heavy atom. The number of pyridine rings is 1. The highest BCUT2D eigenvalue weighted by molar-refractivity contribution is 5.61. The number of nitrogen functional groups attached to an aromatic ring is 1. The minimum atomic E-state index is 0.322. The number of fused-ring (bicyclic) bond motifs is 1. The van der Waals surface area contributed by atoms with Crippen molar-refractivity contribution in [3.05, 3.63) is 35.3 Å². The number of hydrogen-bond donors (Lipinski definition) is 2. The van der Waals surface area contributed by atoms with Gasteiger partial charge < -0.3 is 16.0 Å². The molecule has 30 heavy (non-hydrogen) atoms. The molecule has 0 aliphatic carbocycles. The van der Waals surface area contributed by atoms with Crippen molar-refractivity contribution in [1.29, 1.82) is 0 Å². The van der Waals surface area contributed by atoms with Crippen molar-refractivity contribution in [2.45, 2.75) is 65.3 Å². The van der Waals surface area contributed by atoms with Crippen molar-refractivity contribution in [2.75, 3.05) is 29.0 Å². The van der Waals surface area contributed by atoms with Crippen LogP contribution in [0.2, 0.25) is 0 Å². The van der Waals surface area contributed by atoms with Gasteiger partial charge in [0.1, 0.15) is 5.82 Å². The molecule has 0 spiro atoms. The number of nitrogens with two attached hydrogens (primary N) is 1. The van der Waals surface area contributed by atoms with Gasteiger partial charge in [-0.2, -0.15) is 4.98 Å². The van der Waals surface area contributed by atoms with Gasteiger partial charge in [0.15, 0.2) is 11.5 Å². The number of nitrogens with one attached hydrogen (secondary N) is 1. The zero-order chi connectivity index (χ0) is 21.1. The number of rotatable bonds is 7. The second kappa shape index (κ2) is 8.85. The first-order valence-corrected chi connectivity index (χ1v) is 11.1. The molecule has 1 saturated heterocycles. The summed E-state index contributed by atoms with van der Waals surface area (Å²) >= 11 is 0. The summed E-state index contributed by atoms with van der Waals surface area (Å²) in [7, 11) is 0. The van der Waals surface area contributed by atoms with E-state index in [9.17, 15) is 0 Å². The van der Waals surface area contributed by atoms with Crippen molar-refractivity contribution < 1.29 is 0 Å². The molecule has 0 bridgehead atoms. The fourth-order valence-corrected chi connectivity index (χ4v) is 4.17. The van der Waals surface area contributed by atoms with Crippen molar-refractivity contribution in [2.24, 2.45) is 0 Å². The smallest absolute Gasteiger partial charge is 0.243 e. The topological polar surface area (TPSA) is 97.3 Å². The third-order valence-electron chi connectivity index (χ3n) is 5.93. The minimum Gasteiger partial charge on any atom is -0.380 e. The van der Waals surface area contributed by atoms with Crippen LogP contribution in [0, 0.1) is 6.92 Å². The van der Waals surface area contributed by atoms with Gasteiger partial charge in [0.05, 0.1) is 11.9 Å². The SMILES string of the molecule is CCC(CC)Nc1nc(N)c2ncc(Cc3cnc(N4CCCCC4)c(C)c3)n2n1. The second-order valence-corrected chi connectivity index (χ2v) is 8.17. The Balaban J connectivity index is 1.59. The van der Waals surface area contributed by atoms with Crippen LogP contribution in [0.1, 0.15) is 62.8 Å². The van der Waals surface area contributed by atoms with Gasteiger partial charge in [0, 0.05) is 31.7 Å². The maximum Gasteiger partial charge on any atom is 0.243 e. The van der Waals surface area contributed by atoms with E-state index in [-0.39, 0.29) is 0 Å². The van der Waals surface area contributed by atoms with Crippen LogP contribution in [-0.2, 0) is 6.42 Å². The van der Waals surface area contributed by atoms with E-state index in [1.165, 1.54) is 24.8 Å². The van der Waals surface area contributed by atoms with Gasteiger partial charge in [-0.1, -0.05) is 19.9 Å². The Hall–Kier alpha value is -2.90. The van der Waals surface area contributed by atoms with E-state index >= 15 is 0 Å². The van der Waals surface area contributed by atoms with Gasteiger partial charge >= 0.3 is 0 Å². The summed E-state index contributed by atoms with van der Waals surface area (Å²) in [5.41, 5.74) is 10.1. The molecule has 0 radical (unpaired) electrons. The molecule has 1 aliphatic rings. The molecule has 3 aromatic heterocycles. The van der Waals surface area contributed by atoms with Crippen molar-refractivity contribution in [1.82, 2.24) is 24.6 Å². The van der Waals surface area contributed by atoms with E-state index in [1.807, 2.05) is 12.4 Å². The molecular formula is C22H32N8. The normalized spacial score (nSPS) is 14.6. The number of hydrogen-bond acceptors (Lipinski definition) is 7. The standard InChI is InChI=1S/C22H32N8/c1-4-17(5-2)26-22-27-19(23)21-25-14-18(30(21)28-22)12-16-11-15(3)20(24-13-16)29-9-7-6-8-10-29/h11,13-14,17H,4-10,12H2,1-3H3,(H3,23,26,27,28). The summed E-state index contributed by atoms with van der Waals surface area (Å²) in [5.74, 6) is 2.04. The fourth-order valence-electron chi connectivity index (χ4n) is 4.17. The first-order chi connectivity index (χ1) is 14.6. The molecule has 160 valence electrons. The molecule has 4 heterocycles. The summed E-state index contributed by atoms with van der Waals surface area (Å²) in [6.45, 7) is 8.64. The molecule has 3 N–H and O–H groups in total. The number of aromatic nitrogens is 5. The Morgan fingerprint density at radius 3 is 2.57 bits per heavy atom. The van der Waals surface area contributed by atoms with Crippen LogP contribution in [0.25, 0.3) is 5.65 Å². The number of imidazole rings is 1. The lowest BCUT2D eigenvalue weighted by Gasteiger charge is -2.29. The second-order valence-electron chi connectivity index (χ2n) is 8.17.